The number of carbonyl (C=O) groups excluding carboxylic acids is 2. The Labute approximate surface area is 196 Å². The number of pyridine rings is 1. The highest BCUT2D eigenvalue weighted by Gasteiger charge is 2.11. The van der Waals surface area contributed by atoms with Crippen LogP contribution in [0, 0.1) is 0 Å². The van der Waals surface area contributed by atoms with Gasteiger partial charge < -0.3 is 30.0 Å². The van der Waals surface area contributed by atoms with Gasteiger partial charge in [0.15, 0.2) is 11.5 Å². The van der Waals surface area contributed by atoms with Crippen LogP contribution < -0.4 is 25.4 Å². The highest BCUT2D eigenvalue weighted by atomic mass is 16.5. The number of rotatable bonds is 7. The molecule has 0 aliphatic rings. The van der Waals surface area contributed by atoms with E-state index < -0.39 is 0 Å². The molecule has 0 atom stereocenters. The zero-order valence-electron chi connectivity index (χ0n) is 19.1. The first kappa shape index (κ1) is 22.7. The molecule has 174 valence electrons. The van der Waals surface area contributed by atoms with Gasteiger partial charge in [-0.05, 0) is 54.1 Å². The summed E-state index contributed by atoms with van der Waals surface area (Å²) < 4.78 is 12.5. The molecule has 2 aromatic heterocycles. The zero-order chi connectivity index (χ0) is 24.1. The predicted molar refractivity (Wildman–Crippen MR) is 131 cm³/mol. The fraction of sp³-hybridized carbons (Fsp3) is 0.160. The Balaban J connectivity index is 1.35. The van der Waals surface area contributed by atoms with Crippen LogP contribution >= 0.6 is 0 Å². The molecule has 3 amide bonds. The molecule has 0 saturated carbocycles. The first-order valence-corrected chi connectivity index (χ1v) is 10.5. The number of fused-ring (bicyclic) bond motifs is 1. The van der Waals surface area contributed by atoms with Gasteiger partial charge >= 0.3 is 6.03 Å². The van der Waals surface area contributed by atoms with Crippen LogP contribution in [0.3, 0.4) is 0 Å². The minimum Gasteiger partial charge on any atom is -0.493 e. The highest BCUT2D eigenvalue weighted by molar-refractivity contribution is 6.01. The molecule has 2 heterocycles. The first-order chi connectivity index (χ1) is 16.5. The van der Waals surface area contributed by atoms with E-state index in [-0.39, 0.29) is 18.5 Å². The van der Waals surface area contributed by atoms with E-state index in [0.717, 1.165) is 16.5 Å². The van der Waals surface area contributed by atoms with E-state index in [1.165, 1.54) is 14.2 Å². The van der Waals surface area contributed by atoms with Crippen LogP contribution in [-0.2, 0) is 13.6 Å². The zero-order valence-corrected chi connectivity index (χ0v) is 19.1. The summed E-state index contributed by atoms with van der Waals surface area (Å²) in [6.07, 6.45) is 5.14. The molecule has 34 heavy (non-hydrogen) atoms. The van der Waals surface area contributed by atoms with Crippen LogP contribution in [-0.4, -0.2) is 35.7 Å². The number of aromatic nitrogens is 2. The minimum absolute atomic E-state index is 0.238. The molecule has 0 bridgehead atoms. The third kappa shape index (κ3) is 5.09. The van der Waals surface area contributed by atoms with E-state index in [1.54, 1.807) is 36.7 Å². The van der Waals surface area contributed by atoms with Gasteiger partial charge in [0.1, 0.15) is 0 Å². The predicted octanol–water partition coefficient (Wildman–Crippen LogP) is 4.16. The van der Waals surface area contributed by atoms with Gasteiger partial charge in [-0.1, -0.05) is 0 Å². The number of urea groups is 1. The van der Waals surface area contributed by atoms with Crippen LogP contribution in [0.15, 0.2) is 67.1 Å². The molecule has 3 N–H and O–H groups in total. The third-order valence-corrected chi connectivity index (χ3v) is 5.29. The molecule has 2 aromatic carbocycles. The molecule has 0 unspecified atom stereocenters. The average Bonchev–Trinajstić information content (AvgIpc) is 3.22. The number of aryl methyl sites for hydroxylation is 1. The SMILES string of the molecule is COc1ccc(C(=O)NCc2cncc(NC(=O)Nc3ccc4c(ccn4C)c3)c2)cc1OC. The average molecular weight is 460 g/mol. The topological polar surface area (TPSA) is 107 Å². The summed E-state index contributed by atoms with van der Waals surface area (Å²) in [7, 11) is 5.02. The number of nitrogens with zero attached hydrogens (tertiary/aromatic N) is 2. The molecular formula is C25H25N5O4. The summed E-state index contributed by atoms with van der Waals surface area (Å²) in [6.45, 7) is 0.238. The monoisotopic (exact) mass is 459 g/mol. The number of benzene rings is 2. The van der Waals surface area contributed by atoms with Crippen molar-refractivity contribution in [2.45, 2.75) is 6.54 Å². The maximum Gasteiger partial charge on any atom is 0.323 e. The summed E-state index contributed by atoms with van der Waals surface area (Å²) in [4.78, 5) is 29.1. The maximum absolute atomic E-state index is 12.5. The van der Waals surface area contributed by atoms with Gasteiger partial charge in [0, 0.05) is 48.1 Å². The summed E-state index contributed by atoms with van der Waals surface area (Å²) in [5.74, 6) is 0.748. The lowest BCUT2D eigenvalue weighted by molar-refractivity contribution is 0.0950. The Morgan fingerprint density at radius 2 is 1.71 bits per heavy atom. The van der Waals surface area contributed by atoms with Crippen molar-refractivity contribution in [3.05, 3.63) is 78.2 Å². The third-order valence-electron chi connectivity index (χ3n) is 5.29. The minimum atomic E-state index is -0.386. The van der Waals surface area contributed by atoms with Gasteiger partial charge in [-0.15, -0.1) is 0 Å². The molecule has 9 heteroatoms. The molecule has 0 spiro atoms. The van der Waals surface area contributed by atoms with Crippen molar-refractivity contribution >= 4 is 34.2 Å². The van der Waals surface area contributed by atoms with Gasteiger partial charge in [-0.25, -0.2) is 4.79 Å². The second-order valence-corrected chi connectivity index (χ2v) is 7.61. The van der Waals surface area contributed by atoms with Crippen LogP contribution in [0.2, 0.25) is 0 Å². The number of anilines is 2. The Kier molecular flexibility index (Phi) is 6.63. The summed E-state index contributed by atoms with van der Waals surface area (Å²) in [6, 6.07) is 14.0. The number of carbonyl (C=O) groups is 2. The standard InChI is InChI=1S/C25H25N5O4/c1-30-9-8-17-11-19(5-6-21(17)30)28-25(32)29-20-10-16(13-26-15-20)14-27-24(31)18-4-7-22(33-2)23(12-18)34-3/h4-13,15H,14H2,1-3H3,(H,27,31)(H2,28,29,32). The van der Waals surface area contributed by atoms with Crippen molar-refractivity contribution in [1.29, 1.82) is 0 Å². The Hall–Kier alpha value is -4.53. The van der Waals surface area contributed by atoms with Crippen molar-refractivity contribution in [1.82, 2.24) is 14.9 Å². The van der Waals surface area contributed by atoms with Gasteiger partial charge in [0.25, 0.3) is 5.91 Å². The number of ether oxygens (including phenoxy) is 2. The van der Waals surface area contributed by atoms with Crippen molar-refractivity contribution in [2.75, 3.05) is 24.9 Å². The molecule has 0 aliphatic carbocycles. The van der Waals surface area contributed by atoms with Gasteiger partial charge in [0.2, 0.25) is 0 Å². The molecule has 9 nitrogen and oxygen atoms in total. The highest BCUT2D eigenvalue weighted by Crippen LogP contribution is 2.27. The molecule has 0 fully saturated rings. The maximum atomic E-state index is 12.5. The fourth-order valence-corrected chi connectivity index (χ4v) is 3.57. The number of nitrogens with one attached hydrogen (secondary N) is 3. The van der Waals surface area contributed by atoms with E-state index in [4.69, 9.17) is 9.47 Å². The van der Waals surface area contributed by atoms with Crippen molar-refractivity contribution in [3.8, 4) is 11.5 Å². The van der Waals surface area contributed by atoms with E-state index in [9.17, 15) is 9.59 Å². The van der Waals surface area contributed by atoms with E-state index in [2.05, 4.69) is 20.9 Å². The lowest BCUT2D eigenvalue weighted by Crippen LogP contribution is -2.23. The molecular weight excluding hydrogens is 434 g/mol. The first-order valence-electron chi connectivity index (χ1n) is 10.5. The lowest BCUT2D eigenvalue weighted by atomic mass is 10.2. The quantitative estimate of drug-likeness (QED) is 0.385. The Morgan fingerprint density at radius 3 is 2.50 bits per heavy atom. The van der Waals surface area contributed by atoms with Crippen LogP contribution in [0.5, 0.6) is 11.5 Å². The van der Waals surface area contributed by atoms with Crippen molar-refractivity contribution < 1.29 is 19.1 Å². The second-order valence-electron chi connectivity index (χ2n) is 7.61. The fourth-order valence-electron chi connectivity index (χ4n) is 3.57. The van der Waals surface area contributed by atoms with Gasteiger partial charge in [0.05, 0.1) is 26.1 Å². The van der Waals surface area contributed by atoms with E-state index >= 15 is 0 Å². The lowest BCUT2D eigenvalue weighted by Gasteiger charge is -2.11. The smallest absolute Gasteiger partial charge is 0.323 e. The van der Waals surface area contributed by atoms with Gasteiger partial charge in [-0.2, -0.15) is 0 Å². The number of hydrogen-bond donors (Lipinski definition) is 3. The summed E-state index contributed by atoms with van der Waals surface area (Å²) in [5, 5.41) is 9.47. The summed E-state index contributed by atoms with van der Waals surface area (Å²) >= 11 is 0. The molecule has 0 aliphatic heterocycles. The Bertz CT molecular complexity index is 1350. The van der Waals surface area contributed by atoms with E-state index in [1.807, 2.05) is 42.1 Å². The number of hydrogen-bond acceptors (Lipinski definition) is 5. The Morgan fingerprint density at radius 1 is 0.912 bits per heavy atom. The molecule has 0 saturated heterocycles. The van der Waals surface area contributed by atoms with Crippen LogP contribution in [0.25, 0.3) is 10.9 Å². The summed E-state index contributed by atoms with van der Waals surface area (Å²) in [5.41, 5.74) is 3.45. The van der Waals surface area contributed by atoms with E-state index in [0.29, 0.717) is 28.4 Å². The van der Waals surface area contributed by atoms with Gasteiger partial charge in [-0.3, -0.25) is 9.78 Å². The molecule has 4 aromatic rings. The number of amides is 3. The van der Waals surface area contributed by atoms with Crippen LogP contribution in [0.1, 0.15) is 15.9 Å². The largest absolute Gasteiger partial charge is 0.493 e. The molecule has 0 radical (unpaired) electrons. The normalized spacial score (nSPS) is 10.6. The van der Waals surface area contributed by atoms with Crippen molar-refractivity contribution in [3.63, 3.8) is 0 Å². The second kappa shape index (κ2) is 9.95. The van der Waals surface area contributed by atoms with Crippen molar-refractivity contribution in [2.24, 2.45) is 7.05 Å². The molecule has 4 rings (SSSR count). The van der Waals surface area contributed by atoms with Crippen LogP contribution in [0.4, 0.5) is 16.2 Å². The number of methoxy groups -OCH3 is 2.